The van der Waals surface area contributed by atoms with Crippen LogP contribution >= 0.6 is 0 Å². The highest BCUT2D eigenvalue weighted by atomic mass is 14.1. The first-order valence-electron chi connectivity index (χ1n) is 4.39. The second-order valence-corrected chi connectivity index (χ2v) is 3.42. The summed E-state index contributed by atoms with van der Waals surface area (Å²) in [6.45, 7) is 10.3. The summed E-state index contributed by atoms with van der Waals surface area (Å²) in [7, 11) is 0. The zero-order valence-corrected chi connectivity index (χ0v) is 7.98. The zero-order chi connectivity index (χ0) is 8.69. The van der Waals surface area contributed by atoms with Gasteiger partial charge in [0.05, 0.1) is 0 Å². The second kappa shape index (κ2) is 6.28. The Bertz CT molecular complexity index is 134. The van der Waals surface area contributed by atoms with E-state index in [0.29, 0.717) is 5.92 Å². The molecule has 0 aromatic heterocycles. The Labute approximate surface area is 71.4 Å². The molecule has 0 saturated carbocycles. The minimum absolute atomic E-state index is 0.590. The average Bonchev–Trinajstić information content (AvgIpc) is 1.97. The van der Waals surface area contributed by atoms with Crippen molar-refractivity contribution in [1.29, 1.82) is 0 Å². The highest BCUT2D eigenvalue weighted by molar-refractivity contribution is 4.95. The molecule has 0 aliphatic rings. The monoisotopic (exact) mass is 151 g/mol. The zero-order valence-electron chi connectivity index (χ0n) is 7.98. The standard InChI is InChI=1S/C11H19/c1-5-6-7-11(4)9-8-10(2)3/h10-11H,2,7-9H2,1,3-4H3. The number of rotatable bonds is 4. The fourth-order valence-corrected chi connectivity index (χ4v) is 0.947. The van der Waals surface area contributed by atoms with Gasteiger partial charge in [0.25, 0.3) is 0 Å². The molecule has 2 atom stereocenters. The summed E-state index contributed by atoms with van der Waals surface area (Å²) in [6.07, 6.45) is 3.54. The van der Waals surface area contributed by atoms with E-state index in [4.69, 9.17) is 0 Å². The molecule has 0 N–H and O–H groups in total. The quantitative estimate of drug-likeness (QED) is 0.541. The van der Waals surface area contributed by atoms with Crippen LogP contribution in [0.4, 0.5) is 0 Å². The van der Waals surface area contributed by atoms with Crippen molar-refractivity contribution in [3.05, 3.63) is 6.92 Å². The summed E-state index contributed by atoms with van der Waals surface area (Å²) in [5.74, 6) is 7.35. The van der Waals surface area contributed by atoms with Gasteiger partial charge in [-0.3, -0.25) is 0 Å². The second-order valence-electron chi connectivity index (χ2n) is 3.42. The molecule has 0 aliphatic carbocycles. The molecule has 2 unspecified atom stereocenters. The smallest absolute Gasteiger partial charge is 0.0114 e. The van der Waals surface area contributed by atoms with Crippen LogP contribution in [0.1, 0.15) is 40.0 Å². The van der Waals surface area contributed by atoms with Crippen molar-refractivity contribution in [3.8, 4) is 11.8 Å². The summed E-state index contributed by atoms with van der Waals surface area (Å²) in [6, 6.07) is 0. The third kappa shape index (κ3) is 7.46. The molecule has 0 heterocycles. The summed E-state index contributed by atoms with van der Waals surface area (Å²) < 4.78 is 0. The predicted molar refractivity (Wildman–Crippen MR) is 51.0 cm³/mol. The Hall–Kier alpha value is -0.440. The van der Waals surface area contributed by atoms with Gasteiger partial charge in [-0.15, -0.1) is 11.8 Å². The molecule has 0 nitrogen and oxygen atoms in total. The molecule has 1 radical (unpaired) electrons. The molecule has 0 bridgehead atoms. The molecule has 0 heteroatoms. The lowest BCUT2D eigenvalue weighted by Crippen LogP contribution is -1.96. The fraction of sp³-hybridized carbons (Fsp3) is 0.727. The predicted octanol–water partition coefficient (Wildman–Crippen LogP) is 3.29. The minimum atomic E-state index is 0.590. The van der Waals surface area contributed by atoms with Crippen molar-refractivity contribution in [2.24, 2.45) is 11.8 Å². The Morgan fingerprint density at radius 3 is 2.36 bits per heavy atom. The lowest BCUT2D eigenvalue weighted by molar-refractivity contribution is 0.477. The highest BCUT2D eigenvalue weighted by Crippen LogP contribution is 2.13. The molecule has 0 aromatic carbocycles. The number of hydrogen-bond donors (Lipinski definition) is 0. The van der Waals surface area contributed by atoms with Gasteiger partial charge in [-0.05, 0) is 25.2 Å². The van der Waals surface area contributed by atoms with Gasteiger partial charge in [0.1, 0.15) is 0 Å². The van der Waals surface area contributed by atoms with E-state index in [-0.39, 0.29) is 0 Å². The van der Waals surface area contributed by atoms with Crippen molar-refractivity contribution in [2.75, 3.05) is 0 Å². The maximum atomic E-state index is 3.95. The molecule has 0 aliphatic heterocycles. The van der Waals surface area contributed by atoms with Crippen LogP contribution in [0.5, 0.6) is 0 Å². The lowest BCUT2D eigenvalue weighted by atomic mass is 9.97. The summed E-state index contributed by atoms with van der Waals surface area (Å²) in [5.41, 5.74) is 0. The Morgan fingerprint density at radius 2 is 1.91 bits per heavy atom. The molecule has 11 heavy (non-hydrogen) atoms. The van der Waals surface area contributed by atoms with Crippen LogP contribution in [-0.4, -0.2) is 0 Å². The van der Waals surface area contributed by atoms with E-state index in [9.17, 15) is 0 Å². The molecule has 0 saturated heterocycles. The van der Waals surface area contributed by atoms with Crippen molar-refractivity contribution >= 4 is 0 Å². The van der Waals surface area contributed by atoms with E-state index < -0.39 is 0 Å². The van der Waals surface area contributed by atoms with Crippen LogP contribution in [0.3, 0.4) is 0 Å². The van der Waals surface area contributed by atoms with Crippen LogP contribution < -0.4 is 0 Å². The van der Waals surface area contributed by atoms with Crippen LogP contribution in [0.25, 0.3) is 0 Å². The van der Waals surface area contributed by atoms with Gasteiger partial charge in [-0.25, -0.2) is 0 Å². The molecule has 0 aromatic rings. The van der Waals surface area contributed by atoms with Crippen molar-refractivity contribution < 1.29 is 0 Å². The van der Waals surface area contributed by atoms with Crippen molar-refractivity contribution in [2.45, 2.75) is 40.0 Å². The van der Waals surface area contributed by atoms with Gasteiger partial charge in [0.2, 0.25) is 0 Å². The maximum absolute atomic E-state index is 3.95. The van der Waals surface area contributed by atoms with Gasteiger partial charge < -0.3 is 0 Å². The maximum Gasteiger partial charge on any atom is 0.0114 e. The van der Waals surface area contributed by atoms with Crippen molar-refractivity contribution in [3.63, 3.8) is 0 Å². The van der Waals surface area contributed by atoms with Gasteiger partial charge >= 0.3 is 0 Å². The van der Waals surface area contributed by atoms with E-state index in [1.165, 1.54) is 12.8 Å². The van der Waals surface area contributed by atoms with Gasteiger partial charge in [-0.1, -0.05) is 27.2 Å². The SMILES string of the molecule is [CH2]C(C)CCC(C)CC#CC. The van der Waals surface area contributed by atoms with E-state index in [2.05, 4.69) is 32.6 Å². The van der Waals surface area contributed by atoms with E-state index in [1.54, 1.807) is 0 Å². The van der Waals surface area contributed by atoms with Crippen LogP contribution in [0.2, 0.25) is 0 Å². The summed E-state index contributed by atoms with van der Waals surface area (Å²) in [4.78, 5) is 0. The first-order chi connectivity index (χ1) is 5.16. The molecular weight excluding hydrogens is 132 g/mol. The highest BCUT2D eigenvalue weighted by Gasteiger charge is 2.01. The van der Waals surface area contributed by atoms with Gasteiger partial charge in [0, 0.05) is 6.42 Å². The molecule has 0 rings (SSSR count). The van der Waals surface area contributed by atoms with Gasteiger partial charge in [-0.2, -0.15) is 0 Å². The first kappa shape index (κ1) is 10.6. The fourth-order valence-electron chi connectivity index (χ4n) is 0.947. The first-order valence-corrected chi connectivity index (χ1v) is 4.39. The third-order valence-electron chi connectivity index (χ3n) is 1.78. The summed E-state index contributed by atoms with van der Waals surface area (Å²) in [5, 5.41) is 0. The minimum Gasteiger partial charge on any atom is -0.107 e. The average molecular weight is 151 g/mol. The van der Waals surface area contributed by atoms with E-state index in [0.717, 1.165) is 12.3 Å². The third-order valence-corrected chi connectivity index (χ3v) is 1.78. The normalized spacial score (nSPS) is 12.5. The van der Waals surface area contributed by atoms with Crippen LogP contribution in [0, 0.1) is 30.6 Å². The molecule has 0 spiro atoms. The van der Waals surface area contributed by atoms with Gasteiger partial charge in [0.15, 0.2) is 0 Å². The van der Waals surface area contributed by atoms with Crippen molar-refractivity contribution in [1.82, 2.24) is 0 Å². The molecular formula is C11H19. The topological polar surface area (TPSA) is 0 Å². The Balaban J connectivity index is 3.34. The largest absolute Gasteiger partial charge is 0.107 e. The molecule has 63 valence electrons. The summed E-state index contributed by atoms with van der Waals surface area (Å²) >= 11 is 0. The molecule has 0 fully saturated rings. The van der Waals surface area contributed by atoms with E-state index in [1.807, 2.05) is 6.92 Å². The lowest BCUT2D eigenvalue weighted by Gasteiger charge is -2.08. The Morgan fingerprint density at radius 1 is 1.27 bits per heavy atom. The molecule has 0 amide bonds. The van der Waals surface area contributed by atoms with Crippen LogP contribution in [-0.2, 0) is 0 Å². The van der Waals surface area contributed by atoms with Crippen LogP contribution in [0.15, 0.2) is 0 Å². The Kier molecular flexibility index (Phi) is 6.03. The van der Waals surface area contributed by atoms with E-state index >= 15 is 0 Å². The number of hydrogen-bond acceptors (Lipinski definition) is 0.